The predicted molar refractivity (Wildman–Crippen MR) is 91.7 cm³/mol. The van der Waals surface area contributed by atoms with Crippen LogP contribution in [-0.2, 0) is 13.0 Å². The van der Waals surface area contributed by atoms with Crippen molar-refractivity contribution < 1.29 is 22.5 Å². The molecule has 10 heteroatoms. The van der Waals surface area contributed by atoms with E-state index in [4.69, 9.17) is 4.52 Å². The van der Waals surface area contributed by atoms with E-state index in [2.05, 4.69) is 14.8 Å². The molecule has 0 radical (unpaired) electrons. The molecule has 1 aliphatic rings. The van der Waals surface area contributed by atoms with Gasteiger partial charge in [-0.2, -0.15) is 4.37 Å². The molecule has 0 spiro atoms. The number of carbonyl (C=O) groups excluding carboxylic acids is 1. The third kappa shape index (κ3) is 3.16. The SMILES string of the molecule is CC1Cc2noc(-c3ccsn3)c2CN1C(=O)Nc1cc(F)c(F)c(F)c1. The molecular weight excluding hydrogens is 381 g/mol. The van der Waals surface area contributed by atoms with Gasteiger partial charge in [-0.1, -0.05) is 5.16 Å². The molecule has 0 saturated heterocycles. The van der Waals surface area contributed by atoms with Gasteiger partial charge in [-0.25, -0.2) is 18.0 Å². The molecule has 1 atom stereocenters. The second-order valence-electron chi connectivity index (χ2n) is 6.19. The van der Waals surface area contributed by atoms with Crippen molar-refractivity contribution in [3.05, 3.63) is 52.3 Å². The van der Waals surface area contributed by atoms with Crippen LogP contribution < -0.4 is 5.32 Å². The summed E-state index contributed by atoms with van der Waals surface area (Å²) in [5.74, 6) is -3.83. The first-order valence-corrected chi connectivity index (χ1v) is 8.88. The van der Waals surface area contributed by atoms with Gasteiger partial charge in [-0.3, -0.25) is 0 Å². The van der Waals surface area contributed by atoms with Crippen LogP contribution in [0, 0.1) is 17.5 Å². The zero-order chi connectivity index (χ0) is 19.1. The summed E-state index contributed by atoms with van der Waals surface area (Å²) < 4.78 is 49.4. The molecule has 27 heavy (non-hydrogen) atoms. The minimum atomic E-state index is -1.58. The monoisotopic (exact) mass is 394 g/mol. The van der Waals surface area contributed by atoms with Crippen molar-refractivity contribution >= 4 is 23.3 Å². The third-order valence-electron chi connectivity index (χ3n) is 4.39. The van der Waals surface area contributed by atoms with Crippen molar-refractivity contribution in [2.45, 2.75) is 25.9 Å². The maximum Gasteiger partial charge on any atom is 0.322 e. The Morgan fingerprint density at radius 2 is 2.07 bits per heavy atom. The lowest BCUT2D eigenvalue weighted by Crippen LogP contribution is -2.44. The number of urea groups is 1. The molecule has 140 valence electrons. The Hall–Kier alpha value is -2.88. The number of hydrogen-bond donors (Lipinski definition) is 1. The smallest absolute Gasteiger partial charge is 0.322 e. The van der Waals surface area contributed by atoms with Crippen molar-refractivity contribution in [1.29, 1.82) is 0 Å². The molecule has 1 aliphatic heterocycles. The molecule has 6 nitrogen and oxygen atoms in total. The topological polar surface area (TPSA) is 71.3 Å². The van der Waals surface area contributed by atoms with E-state index in [9.17, 15) is 18.0 Å². The van der Waals surface area contributed by atoms with Gasteiger partial charge in [0, 0.05) is 41.2 Å². The summed E-state index contributed by atoms with van der Waals surface area (Å²) >= 11 is 1.27. The Labute approximate surface area is 155 Å². The lowest BCUT2D eigenvalue weighted by Gasteiger charge is -2.32. The Morgan fingerprint density at radius 3 is 2.74 bits per heavy atom. The van der Waals surface area contributed by atoms with E-state index in [-0.39, 0.29) is 18.3 Å². The second kappa shape index (κ2) is 6.69. The van der Waals surface area contributed by atoms with E-state index >= 15 is 0 Å². The number of aromatic nitrogens is 2. The van der Waals surface area contributed by atoms with Gasteiger partial charge < -0.3 is 14.7 Å². The molecule has 0 saturated carbocycles. The number of benzene rings is 1. The van der Waals surface area contributed by atoms with Crippen molar-refractivity contribution in [3.63, 3.8) is 0 Å². The standard InChI is InChI=1S/C17H13F3N4O2S/c1-8-4-14-10(16(26-22-14)13-2-3-27-23-13)7-24(8)17(25)21-9-5-11(18)15(20)12(19)6-9/h2-3,5-6,8H,4,7H2,1H3,(H,21,25). The van der Waals surface area contributed by atoms with E-state index in [1.54, 1.807) is 11.4 Å². The number of hydrogen-bond acceptors (Lipinski definition) is 5. The van der Waals surface area contributed by atoms with Crippen LogP contribution in [0.4, 0.5) is 23.7 Å². The molecule has 0 fully saturated rings. The minimum absolute atomic E-state index is 0.167. The van der Waals surface area contributed by atoms with Crippen LogP contribution in [0.5, 0.6) is 0 Å². The van der Waals surface area contributed by atoms with Crippen LogP contribution in [0.25, 0.3) is 11.5 Å². The van der Waals surface area contributed by atoms with Gasteiger partial charge >= 0.3 is 6.03 Å². The van der Waals surface area contributed by atoms with Gasteiger partial charge in [-0.15, -0.1) is 0 Å². The maximum atomic E-state index is 13.4. The van der Waals surface area contributed by atoms with E-state index in [0.717, 1.165) is 23.4 Å². The van der Waals surface area contributed by atoms with Crippen LogP contribution in [0.15, 0.2) is 28.1 Å². The summed E-state index contributed by atoms with van der Waals surface area (Å²) in [6.45, 7) is 2.02. The molecule has 3 heterocycles. The van der Waals surface area contributed by atoms with Gasteiger partial charge in [0.15, 0.2) is 23.2 Å². The lowest BCUT2D eigenvalue weighted by molar-refractivity contribution is 0.182. The van der Waals surface area contributed by atoms with Gasteiger partial charge in [0.2, 0.25) is 0 Å². The highest BCUT2D eigenvalue weighted by atomic mass is 32.1. The Bertz CT molecular complexity index is 983. The maximum absolute atomic E-state index is 13.4. The summed E-state index contributed by atoms with van der Waals surface area (Å²) in [5, 5.41) is 8.27. The molecule has 2 amide bonds. The fourth-order valence-electron chi connectivity index (χ4n) is 3.01. The number of nitrogens with one attached hydrogen (secondary N) is 1. The van der Waals surface area contributed by atoms with E-state index in [1.807, 2.05) is 6.92 Å². The number of halogens is 3. The first kappa shape index (κ1) is 17.5. The lowest BCUT2D eigenvalue weighted by atomic mass is 9.99. The Morgan fingerprint density at radius 1 is 1.33 bits per heavy atom. The van der Waals surface area contributed by atoms with Crippen LogP contribution in [0.2, 0.25) is 0 Å². The molecule has 0 aliphatic carbocycles. The molecule has 1 aromatic carbocycles. The highest BCUT2D eigenvalue weighted by molar-refractivity contribution is 7.03. The second-order valence-corrected chi connectivity index (χ2v) is 6.85. The van der Waals surface area contributed by atoms with Gasteiger partial charge in [0.1, 0.15) is 5.69 Å². The van der Waals surface area contributed by atoms with Crippen molar-refractivity contribution in [1.82, 2.24) is 14.4 Å². The fourth-order valence-corrected chi connectivity index (χ4v) is 3.52. The van der Waals surface area contributed by atoms with Crippen molar-refractivity contribution in [2.75, 3.05) is 5.32 Å². The summed E-state index contributed by atoms with van der Waals surface area (Å²) in [5.41, 5.74) is 1.95. The summed E-state index contributed by atoms with van der Waals surface area (Å²) in [4.78, 5) is 14.1. The number of amides is 2. The molecule has 1 N–H and O–H groups in total. The minimum Gasteiger partial charge on any atom is -0.354 e. The Balaban J connectivity index is 1.58. The van der Waals surface area contributed by atoms with Crippen LogP contribution >= 0.6 is 11.5 Å². The number of fused-ring (bicyclic) bond motifs is 1. The summed E-state index contributed by atoms with van der Waals surface area (Å²) in [7, 11) is 0. The van der Waals surface area contributed by atoms with Crippen LogP contribution in [0.3, 0.4) is 0 Å². The first-order chi connectivity index (χ1) is 12.9. The average molecular weight is 394 g/mol. The third-order valence-corrected chi connectivity index (χ3v) is 4.95. The van der Waals surface area contributed by atoms with Crippen molar-refractivity contribution in [2.24, 2.45) is 0 Å². The molecular formula is C17H13F3N4O2S. The van der Waals surface area contributed by atoms with E-state index in [1.165, 1.54) is 16.4 Å². The first-order valence-electron chi connectivity index (χ1n) is 8.04. The molecule has 0 bridgehead atoms. The summed E-state index contributed by atoms with van der Waals surface area (Å²) in [6, 6.07) is 2.47. The van der Waals surface area contributed by atoms with Crippen LogP contribution in [-0.4, -0.2) is 26.5 Å². The molecule has 4 rings (SSSR count). The molecule has 3 aromatic rings. The van der Waals surface area contributed by atoms with Gasteiger partial charge in [-0.05, 0) is 24.5 Å². The number of rotatable bonds is 2. The number of anilines is 1. The average Bonchev–Trinajstić information content (AvgIpc) is 3.27. The zero-order valence-electron chi connectivity index (χ0n) is 14.0. The molecule has 1 unspecified atom stereocenters. The van der Waals surface area contributed by atoms with Gasteiger partial charge in [0.05, 0.1) is 12.2 Å². The largest absolute Gasteiger partial charge is 0.354 e. The number of nitrogens with zero attached hydrogens (tertiary/aromatic N) is 3. The highest BCUT2D eigenvalue weighted by Gasteiger charge is 2.32. The normalized spacial score (nSPS) is 16.3. The van der Waals surface area contributed by atoms with Crippen LogP contribution in [0.1, 0.15) is 18.2 Å². The van der Waals surface area contributed by atoms with Crippen molar-refractivity contribution in [3.8, 4) is 11.5 Å². The number of carbonyl (C=O) groups is 1. The summed E-state index contributed by atoms with van der Waals surface area (Å²) in [6.07, 6.45) is 0.461. The quantitative estimate of drug-likeness (QED) is 0.662. The van der Waals surface area contributed by atoms with E-state index in [0.29, 0.717) is 17.9 Å². The predicted octanol–water partition coefficient (Wildman–Crippen LogP) is 4.19. The van der Waals surface area contributed by atoms with E-state index < -0.39 is 23.5 Å². The Kier molecular flexibility index (Phi) is 4.34. The molecule has 2 aromatic heterocycles. The highest BCUT2D eigenvalue weighted by Crippen LogP contribution is 2.32. The van der Waals surface area contributed by atoms with Gasteiger partial charge in [0.25, 0.3) is 0 Å². The fraction of sp³-hybridized carbons (Fsp3) is 0.235. The zero-order valence-corrected chi connectivity index (χ0v) is 14.8.